The Hall–Kier alpha value is -1.68. The first kappa shape index (κ1) is 13.3. The first-order valence-corrected chi connectivity index (χ1v) is 7.02. The summed E-state index contributed by atoms with van der Waals surface area (Å²) in [5.41, 5.74) is 7.76. The van der Waals surface area contributed by atoms with E-state index in [0.29, 0.717) is 5.88 Å². The number of hydrogen-bond donors (Lipinski definition) is 1. The summed E-state index contributed by atoms with van der Waals surface area (Å²) in [6.07, 6.45) is 5.84. The molecule has 4 heteroatoms. The van der Waals surface area contributed by atoms with E-state index in [1.807, 2.05) is 33.2 Å². The SMILES string of the molecule is Cc1cc2c(C(C)(C)N)cnc(OC3(C)CC3)c2cn1. The van der Waals surface area contributed by atoms with Crippen molar-refractivity contribution in [1.29, 1.82) is 0 Å². The van der Waals surface area contributed by atoms with Crippen molar-refractivity contribution in [2.75, 3.05) is 0 Å². The van der Waals surface area contributed by atoms with E-state index < -0.39 is 5.54 Å². The molecule has 0 bridgehead atoms. The molecule has 3 rings (SSSR count). The molecule has 0 spiro atoms. The average molecular weight is 271 g/mol. The lowest BCUT2D eigenvalue weighted by molar-refractivity contribution is 0.194. The molecule has 0 atom stereocenters. The van der Waals surface area contributed by atoms with Gasteiger partial charge < -0.3 is 10.5 Å². The summed E-state index contributed by atoms with van der Waals surface area (Å²) in [6.45, 7) is 8.07. The third kappa shape index (κ3) is 2.36. The summed E-state index contributed by atoms with van der Waals surface area (Å²) in [5.74, 6) is 0.667. The fraction of sp³-hybridized carbons (Fsp3) is 0.500. The van der Waals surface area contributed by atoms with Gasteiger partial charge in [0.25, 0.3) is 0 Å². The maximum Gasteiger partial charge on any atom is 0.223 e. The lowest BCUT2D eigenvalue weighted by Gasteiger charge is -2.22. The van der Waals surface area contributed by atoms with Crippen LogP contribution in [0.1, 0.15) is 44.9 Å². The van der Waals surface area contributed by atoms with Gasteiger partial charge in [-0.15, -0.1) is 0 Å². The van der Waals surface area contributed by atoms with Gasteiger partial charge in [-0.2, -0.15) is 0 Å². The molecular weight excluding hydrogens is 250 g/mol. The van der Waals surface area contributed by atoms with Crippen molar-refractivity contribution in [3.63, 3.8) is 0 Å². The molecule has 1 aliphatic carbocycles. The van der Waals surface area contributed by atoms with E-state index in [1.54, 1.807) is 0 Å². The molecule has 2 aromatic heterocycles. The number of nitrogens with zero attached hydrogens (tertiary/aromatic N) is 2. The van der Waals surface area contributed by atoms with Gasteiger partial charge in [-0.3, -0.25) is 4.98 Å². The number of hydrogen-bond acceptors (Lipinski definition) is 4. The zero-order valence-corrected chi connectivity index (χ0v) is 12.5. The van der Waals surface area contributed by atoms with Crippen LogP contribution in [0.3, 0.4) is 0 Å². The Morgan fingerprint density at radius 3 is 2.50 bits per heavy atom. The van der Waals surface area contributed by atoms with Gasteiger partial charge in [0.2, 0.25) is 5.88 Å². The fourth-order valence-corrected chi connectivity index (χ4v) is 2.32. The standard InChI is InChI=1S/C16H21N3O/c1-10-7-11-12(8-18-10)14(20-16(4)5-6-16)19-9-13(11)15(2,3)17/h7-9H,5-6,17H2,1-4H3. The minimum absolute atomic E-state index is 0.0510. The van der Waals surface area contributed by atoms with Gasteiger partial charge in [0.15, 0.2) is 0 Å². The van der Waals surface area contributed by atoms with Crippen LogP contribution in [0, 0.1) is 6.92 Å². The Kier molecular flexibility index (Phi) is 2.77. The van der Waals surface area contributed by atoms with E-state index in [-0.39, 0.29) is 5.60 Å². The topological polar surface area (TPSA) is 61.0 Å². The molecule has 2 heterocycles. The average Bonchev–Trinajstić information content (AvgIpc) is 3.05. The molecule has 106 valence electrons. The van der Waals surface area contributed by atoms with Crippen molar-refractivity contribution in [2.45, 2.75) is 51.7 Å². The molecule has 2 aromatic rings. The second-order valence-corrected chi connectivity index (χ2v) is 6.62. The molecule has 0 saturated heterocycles. The second-order valence-electron chi connectivity index (χ2n) is 6.62. The Morgan fingerprint density at radius 1 is 1.20 bits per heavy atom. The lowest BCUT2D eigenvalue weighted by Crippen LogP contribution is -2.29. The molecule has 1 saturated carbocycles. The van der Waals surface area contributed by atoms with Crippen molar-refractivity contribution in [2.24, 2.45) is 5.73 Å². The maximum absolute atomic E-state index is 6.26. The van der Waals surface area contributed by atoms with Crippen LogP contribution in [0.5, 0.6) is 5.88 Å². The van der Waals surface area contributed by atoms with Crippen LogP contribution in [-0.4, -0.2) is 15.6 Å². The fourth-order valence-electron chi connectivity index (χ4n) is 2.32. The van der Waals surface area contributed by atoms with E-state index in [2.05, 4.69) is 23.0 Å². The predicted molar refractivity (Wildman–Crippen MR) is 79.8 cm³/mol. The van der Waals surface area contributed by atoms with Crippen LogP contribution < -0.4 is 10.5 Å². The molecule has 1 aliphatic rings. The van der Waals surface area contributed by atoms with E-state index in [4.69, 9.17) is 10.5 Å². The Labute approximate surface area is 119 Å². The molecule has 20 heavy (non-hydrogen) atoms. The van der Waals surface area contributed by atoms with Crippen LogP contribution in [0.15, 0.2) is 18.5 Å². The molecule has 2 N–H and O–H groups in total. The van der Waals surface area contributed by atoms with Crippen LogP contribution >= 0.6 is 0 Å². The van der Waals surface area contributed by atoms with Crippen LogP contribution in [0.25, 0.3) is 10.8 Å². The molecule has 4 nitrogen and oxygen atoms in total. The highest BCUT2D eigenvalue weighted by Crippen LogP contribution is 2.41. The van der Waals surface area contributed by atoms with Crippen molar-refractivity contribution in [1.82, 2.24) is 9.97 Å². The molecule has 0 amide bonds. The zero-order valence-electron chi connectivity index (χ0n) is 12.5. The molecule has 0 aliphatic heterocycles. The second kappa shape index (κ2) is 4.16. The summed E-state index contributed by atoms with van der Waals surface area (Å²) in [4.78, 5) is 8.87. The summed E-state index contributed by atoms with van der Waals surface area (Å²) in [5, 5.41) is 2.03. The van der Waals surface area contributed by atoms with Gasteiger partial charge in [0.05, 0.1) is 5.39 Å². The number of pyridine rings is 2. The summed E-state index contributed by atoms with van der Waals surface area (Å²) < 4.78 is 6.04. The number of nitrogens with two attached hydrogens (primary N) is 1. The highest BCUT2D eigenvalue weighted by Gasteiger charge is 2.41. The predicted octanol–water partition coefficient (Wildman–Crippen LogP) is 3.06. The zero-order chi connectivity index (χ0) is 14.5. The third-order valence-electron chi connectivity index (χ3n) is 3.86. The van der Waals surface area contributed by atoms with Crippen molar-refractivity contribution >= 4 is 10.8 Å². The Bertz CT molecular complexity index is 669. The molecule has 0 radical (unpaired) electrons. The number of ether oxygens (including phenoxy) is 1. The van der Waals surface area contributed by atoms with Crippen LogP contribution in [-0.2, 0) is 5.54 Å². The summed E-state index contributed by atoms with van der Waals surface area (Å²) in [7, 11) is 0. The van der Waals surface area contributed by atoms with Crippen molar-refractivity contribution in [3.8, 4) is 5.88 Å². The van der Waals surface area contributed by atoms with Crippen LogP contribution in [0.2, 0.25) is 0 Å². The summed E-state index contributed by atoms with van der Waals surface area (Å²) >= 11 is 0. The van der Waals surface area contributed by atoms with Gasteiger partial charge in [0, 0.05) is 23.6 Å². The van der Waals surface area contributed by atoms with Crippen molar-refractivity contribution in [3.05, 3.63) is 29.7 Å². The van der Waals surface area contributed by atoms with Gasteiger partial charge in [-0.25, -0.2) is 4.98 Å². The van der Waals surface area contributed by atoms with Crippen molar-refractivity contribution < 1.29 is 4.74 Å². The smallest absolute Gasteiger partial charge is 0.223 e. The molecular formula is C16H21N3O. The van der Waals surface area contributed by atoms with E-state index in [0.717, 1.165) is 34.9 Å². The minimum atomic E-state index is -0.443. The van der Waals surface area contributed by atoms with Gasteiger partial charge in [-0.05, 0) is 57.6 Å². The minimum Gasteiger partial charge on any atom is -0.471 e. The number of rotatable bonds is 3. The number of aryl methyl sites for hydroxylation is 1. The Balaban J connectivity index is 2.20. The summed E-state index contributed by atoms with van der Waals surface area (Å²) in [6, 6.07) is 2.06. The van der Waals surface area contributed by atoms with Gasteiger partial charge >= 0.3 is 0 Å². The molecule has 0 unspecified atom stereocenters. The highest BCUT2D eigenvalue weighted by molar-refractivity contribution is 5.89. The highest BCUT2D eigenvalue weighted by atomic mass is 16.5. The first-order chi connectivity index (χ1) is 9.28. The maximum atomic E-state index is 6.26. The van der Waals surface area contributed by atoms with E-state index >= 15 is 0 Å². The van der Waals surface area contributed by atoms with E-state index in [9.17, 15) is 0 Å². The quantitative estimate of drug-likeness (QED) is 0.932. The monoisotopic (exact) mass is 271 g/mol. The van der Waals surface area contributed by atoms with Gasteiger partial charge in [-0.1, -0.05) is 0 Å². The molecule has 1 fully saturated rings. The van der Waals surface area contributed by atoms with E-state index in [1.165, 1.54) is 0 Å². The number of fused-ring (bicyclic) bond motifs is 1. The normalized spacial score (nSPS) is 17.2. The third-order valence-corrected chi connectivity index (χ3v) is 3.86. The lowest BCUT2D eigenvalue weighted by atomic mass is 9.93. The van der Waals surface area contributed by atoms with Gasteiger partial charge in [0.1, 0.15) is 5.60 Å². The molecule has 0 aromatic carbocycles. The van der Waals surface area contributed by atoms with Crippen LogP contribution in [0.4, 0.5) is 0 Å². The first-order valence-electron chi connectivity index (χ1n) is 7.02. The Morgan fingerprint density at radius 2 is 1.90 bits per heavy atom. The largest absolute Gasteiger partial charge is 0.471 e. The number of aromatic nitrogens is 2.